The van der Waals surface area contributed by atoms with Gasteiger partial charge < -0.3 is 4.74 Å². The molecule has 0 unspecified atom stereocenters. The Morgan fingerprint density at radius 3 is 2.20 bits per heavy atom. The van der Waals surface area contributed by atoms with E-state index in [1.165, 1.54) is 18.2 Å². The topological polar surface area (TPSA) is 33.0 Å². The minimum atomic E-state index is -3.77. The van der Waals surface area contributed by atoms with Gasteiger partial charge in [0.1, 0.15) is 29.0 Å². The van der Waals surface area contributed by atoms with Crippen molar-refractivity contribution in [1.82, 2.24) is 0 Å². The van der Waals surface area contributed by atoms with E-state index in [2.05, 4.69) is 11.3 Å². The summed E-state index contributed by atoms with van der Waals surface area (Å²) in [6, 6.07) is 8.40. The van der Waals surface area contributed by atoms with E-state index in [-0.39, 0.29) is 0 Å². The summed E-state index contributed by atoms with van der Waals surface area (Å²) >= 11 is 0. The Morgan fingerprint density at radius 1 is 1.07 bits per heavy atom. The highest BCUT2D eigenvalue weighted by Crippen LogP contribution is 2.39. The van der Waals surface area contributed by atoms with Gasteiger partial charge in [-0.1, -0.05) is 18.2 Å². The number of nitrogens with zero attached hydrogens (tertiary/aromatic N) is 1. The summed E-state index contributed by atoms with van der Waals surface area (Å²) in [5, 5.41) is 8.66. The maximum Gasteiger partial charge on any atom is 0.426 e. The second-order valence-corrected chi connectivity index (χ2v) is 7.70. The fraction of sp³-hybridized carbons (Fsp3) is 0.375. The number of ether oxygens (including phenoxy) is 1. The van der Waals surface area contributed by atoms with Crippen molar-refractivity contribution in [3.63, 3.8) is 0 Å². The third kappa shape index (κ3) is 5.02. The van der Waals surface area contributed by atoms with Gasteiger partial charge in [0.2, 0.25) is 0 Å². The van der Waals surface area contributed by atoms with E-state index in [9.17, 15) is 17.6 Å². The maximum atomic E-state index is 14.5. The molecule has 6 heteroatoms. The highest BCUT2D eigenvalue weighted by molar-refractivity contribution is 5.38. The van der Waals surface area contributed by atoms with Crippen LogP contribution in [0.2, 0.25) is 0 Å². The SMILES string of the molecule is C=CCCC1CCC(c2ccc(C(F)(F)Oc3cc(F)c(C#N)c(F)c3)cc2)CC1. The zero-order valence-corrected chi connectivity index (χ0v) is 16.5. The smallest absolute Gasteiger partial charge is 0.426 e. The van der Waals surface area contributed by atoms with Crippen molar-refractivity contribution in [2.45, 2.75) is 50.6 Å². The molecule has 2 nitrogen and oxygen atoms in total. The fourth-order valence-electron chi connectivity index (χ4n) is 4.01. The van der Waals surface area contributed by atoms with E-state index in [1.54, 1.807) is 12.1 Å². The van der Waals surface area contributed by atoms with Crippen LogP contribution < -0.4 is 4.74 Å². The van der Waals surface area contributed by atoms with E-state index in [0.29, 0.717) is 24.0 Å². The van der Waals surface area contributed by atoms with Crippen LogP contribution in [0.5, 0.6) is 5.75 Å². The van der Waals surface area contributed by atoms with Gasteiger partial charge in [0.05, 0.1) is 5.56 Å². The largest absolute Gasteiger partial charge is 0.429 e. The van der Waals surface area contributed by atoms with Crippen LogP contribution in [0.3, 0.4) is 0 Å². The van der Waals surface area contributed by atoms with Gasteiger partial charge in [-0.15, -0.1) is 6.58 Å². The summed E-state index contributed by atoms with van der Waals surface area (Å²) in [5.74, 6) is -2.14. The number of hydrogen-bond donors (Lipinski definition) is 0. The van der Waals surface area contributed by atoms with Gasteiger partial charge in [0.25, 0.3) is 0 Å². The van der Waals surface area contributed by atoms with Crippen LogP contribution in [0.25, 0.3) is 0 Å². The first kappa shape index (κ1) is 21.9. The molecular weight excluding hydrogens is 394 g/mol. The number of hydrogen-bond acceptors (Lipinski definition) is 2. The number of halogens is 4. The van der Waals surface area contributed by atoms with Gasteiger partial charge >= 0.3 is 6.11 Å². The van der Waals surface area contributed by atoms with Crippen LogP contribution in [0.15, 0.2) is 49.1 Å². The number of allylic oxidation sites excluding steroid dienone is 1. The van der Waals surface area contributed by atoms with Crippen molar-refractivity contribution >= 4 is 0 Å². The van der Waals surface area contributed by atoms with Crippen molar-refractivity contribution in [3.8, 4) is 11.8 Å². The zero-order chi connectivity index (χ0) is 21.7. The lowest BCUT2D eigenvalue weighted by atomic mass is 9.77. The van der Waals surface area contributed by atoms with Crippen LogP contribution in [-0.4, -0.2) is 0 Å². The molecule has 1 saturated carbocycles. The first-order valence-electron chi connectivity index (χ1n) is 10.0. The van der Waals surface area contributed by atoms with Gasteiger partial charge in [-0.2, -0.15) is 14.0 Å². The monoisotopic (exact) mass is 417 g/mol. The van der Waals surface area contributed by atoms with Crippen molar-refractivity contribution in [2.24, 2.45) is 5.92 Å². The number of benzene rings is 2. The lowest BCUT2D eigenvalue weighted by Crippen LogP contribution is -2.22. The summed E-state index contributed by atoms with van der Waals surface area (Å²) in [7, 11) is 0. The van der Waals surface area contributed by atoms with Gasteiger partial charge in [-0.3, -0.25) is 0 Å². The Hall–Kier alpha value is -2.81. The number of nitriles is 1. The Bertz CT molecular complexity index is 902. The summed E-state index contributed by atoms with van der Waals surface area (Å²) in [4.78, 5) is 0. The molecule has 0 saturated heterocycles. The van der Waals surface area contributed by atoms with E-state index in [0.717, 1.165) is 44.1 Å². The lowest BCUT2D eigenvalue weighted by molar-refractivity contribution is -0.185. The van der Waals surface area contributed by atoms with Crippen molar-refractivity contribution < 1.29 is 22.3 Å². The van der Waals surface area contributed by atoms with Crippen LogP contribution in [-0.2, 0) is 6.11 Å². The molecule has 158 valence electrons. The maximum absolute atomic E-state index is 14.5. The second-order valence-electron chi connectivity index (χ2n) is 7.70. The second kappa shape index (κ2) is 9.34. The molecule has 30 heavy (non-hydrogen) atoms. The molecule has 0 amide bonds. The lowest BCUT2D eigenvalue weighted by Gasteiger charge is -2.29. The molecule has 2 aromatic rings. The van der Waals surface area contributed by atoms with E-state index < -0.39 is 34.6 Å². The quantitative estimate of drug-likeness (QED) is 0.352. The molecule has 1 fully saturated rings. The van der Waals surface area contributed by atoms with Crippen LogP contribution in [0.1, 0.15) is 61.1 Å². The predicted octanol–water partition coefficient (Wildman–Crippen LogP) is 7.20. The van der Waals surface area contributed by atoms with E-state index >= 15 is 0 Å². The molecular formula is C24H23F4NO. The Labute approximate surface area is 173 Å². The summed E-state index contributed by atoms with van der Waals surface area (Å²) in [5.41, 5.74) is -0.238. The number of alkyl halides is 2. The van der Waals surface area contributed by atoms with Crippen molar-refractivity contribution in [2.75, 3.05) is 0 Å². The average Bonchev–Trinajstić information content (AvgIpc) is 2.72. The molecule has 0 heterocycles. The molecule has 0 aliphatic heterocycles. The molecule has 0 radical (unpaired) electrons. The molecule has 0 bridgehead atoms. The molecule has 2 aromatic carbocycles. The minimum Gasteiger partial charge on any atom is -0.429 e. The van der Waals surface area contributed by atoms with Gasteiger partial charge in [0, 0.05) is 12.1 Å². The first-order chi connectivity index (χ1) is 14.3. The molecule has 0 aromatic heterocycles. The van der Waals surface area contributed by atoms with Crippen molar-refractivity contribution in [3.05, 3.63) is 77.4 Å². The average molecular weight is 417 g/mol. The molecule has 0 N–H and O–H groups in total. The Morgan fingerprint density at radius 2 is 1.67 bits per heavy atom. The molecule has 1 aliphatic rings. The molecule has 0 atom stereocenters. The fourth-order valence-corrected chi connectivity index (χ4v) is 4.01. The minimum absolute atomic E-state index is 0.343. The van der Waals surface area contributed by atoms with Gasteiger partial charge in [-0.05, 0) is 68.1 Å². The zero-order valence-electron chi connectivity index (χ0n) is 16.5. The van der Waals surface area contributed by atoms with Crippen LogP contribution in [0, 0.1) is 28.9 Å². The van der Waals surface area contributed by atoms with Crippen LogP contribution in [0.4, 0.5) is 17.6 Å². The summed E-state index contributed by atoms with van der Waals surface area (Å²) in [6.07, 6.45) is 4.63. The van der Waals surface area contributed by atoms with Gasteiger partial charge in [-0.25, -0.2) is 8.78 Å². The van der Waals surface area contributed by atoms with Crippen molar-refractivity contribution in [1.29, 1.82) is 5.26 Å². The highest BCUT2D eigenvalue weighted by atomic mass is 19.3. The third-order valence-corrected chi connectivity index (χ3v) is 5.72. The molecule has 3 rings (SSSR count). The highest BCUT2D eigenvalue weighted by Gasteiger charge is 2.35. The van der Waals surface area contributed by atoms with E-state index in [1.807, 2.05) is 6.08 Å². The predicted molar refractivity (Wildman–Crippen MR) is 106 cm³/mol. The number of rotatable bonds is 7. The summed E-state index contributed by atoms with van der Waals surface area (Å²) < 4.78 is 60.8. The standard InChI is InChI=1S/C24H23F4NO/c1-2-3-4-16-5-7-17(8-6-16)18-9-11-19(12-10-18)24(27,28)30-20-13-22(25)21(15-29)23(26)14-20/h2,9-14,16-17H,1,3-8H2. The third-order valence-electron chi connectivity index (χ3n) is 5.72. The Balaban J connectivity index is 1.67. The molecule has 0 spiro atoms. The Kier molecular flexibility index (Phi) is 6.81. The normalized spacial score (nSPS) is 19.2. The molecule has 1 aliphatic carbocycles. The summed E-state index contributed by atoms with van der Waals surface area (Å²) in [6.45, 7) is 3.76. The van der Waals surface area contributed by atoms with Gasteiger partial charge in [0.15, 0.2) is 0 Å². The van der Waals surface area contributed by atoms with E-state index in [4.69, 9.17) is 5.26 Å². The first-order valence-corrected chi connectivity index (χ1v) is 10.0. The van der Waals surface area contributed by atoms with Crippen LogP contribution >= 0.6 is 0 Å².